The van der Waals surface area contributed by atoms with Crippen LogP contribution in [-0.4, -0.2) is 24.8 Å². The third-order valence-corrected chi connectivity index (χ3v) is 2.43. The third kappa shape index (κ3) is 2.76. The number of hydrogen-bond donors (Lipinski definition) is 1. The Morgan fingerprint density at radius 2 is 2.08 bits per heavy atom. The average molecular weight is 171 g/mol. The molecular formula is C10H21NO. The molecule has 2 nitrogen and oxygen atoms in total. The molecule has 0 aromatic rings. The van der Waals surface area contributed by atoms with Crippen molar-refractivity contribution in [3.8, 4) is 0 Å². The van der Waals surface area contributed by atoms with Crippen LogP contribution in [0.3, 0.4) is 0 Å². The zero-order chi connectivity index (χ0) is 9.19. The summed E-state index contributed by atoms with van der Waals surface area (Å²) in [6.45, 7) is 10.7. The van der Waals surface area contributed by atoms with E-state index in [0.717, 1.165) is 19.6 Å². The van der Waals surface area contributed by atoms with Gasteiger partial charge in [0.25, 0.3) is 0 Å². The average Bonchev–Trinajstić information content (AvgIpc) is 2.10. The van der Waals surface area contributed by atoms with E-state index in [-0.39, 0.29) is 5.54 Å². The van der Waals surface area contributed by atoms with Crippen molar-refractivity contribution in [1.82, 2.24) is 5.32 Å². The van der Waals surface area contributed by atoms with Crippen LogP contribution in [0.1, 0.15) is 34.1 Å². The van der Waals surface area contributed by atoms with Gasteiger partial charge in [-0.05, 0) is 32.7 Å². The molecule has 2 heteroatoms. The Kier molecular flexibility index (Phi) is 3.13. The van der Waals surface area contributed by atoms with Gasteiger partial charge in [-0.2, -0.15) is 0 Å². The molecule has 0 amide bonds. The Morgan fingerprint density at radius 3 is 2.67 bits per heavy atom. The first-order valence-electron chi connectivity index (χ1n) is 4.88. The molecule has 0 aromatic carbocycles. The van der Waals surface area contributed by atoms with Crippen LogP contribution in [0.2, 0.25) is 0 Å². The highest BCUT2D eigenvalue weighted by molar-refractivity contribution is 4.81. The van der Waals surface area contributed by atoms with Crippen LogP contribution in [0, 0.1) is 5.92 Å². The van der Waals surface area contributed by atoms with Crippen molar-refractivity contribution in [1.29, 1.82) is 0 Å². The maximum absolute atomic E-state index is 5.82. The molecule has 1 saturated heterocycles. The summed E-state index contributed by atoms with van der Waals surface area (Å²) in [4.78, 5) is 0. The molecule has 0 aromatic heterocycles. The van der Waals surface area contributed by atoms with E-state index in [4.69, 9.17) is 4.74 Å². The van der Waals surface area contributed by atoms with Crippen molar-refractivity contribution >= 4 is 0 Å². The Morgan fingerprint density at radius 1 is 1.42 bits per heavy atom. The summed E-state index contributed by atoms with van der Waals surface area (Å²) in [6, 6.07) is 0. The van der Waals surface area contributed by atoms with Crippen molar-refractivity contribution in [3.63, 3.8) is 0 Å². The molecule has 72 valence electrons. The van der Waals surface area contributed by atoms with Crippen molar-refractivity contribution in [2.24, 2.45) is 5.92 Å². The van der Waals surface area contributed by atoms with Gasteiger partial charge >= 0.3 is 0 Å². The lowest BCUT2D eigenvalue weighted by atomic mass is 10.0. The molecule has 1 N–H and O–H groups in total. The van der Waals surface area contributed by atoms with E-state index in [1.807, 2.05) is 0 Å². The second-order valence-electron chi connectivity index (χ2n) is 4.69. The largest absolute Gasteiger partial charge is 0.376 e. The van der Waals surface area contributed by atoms with Gasteiger partial charge in [0.2, 0.25) is 0 Å². The van der Waals surface area contributed by atoms with E-state index in [2.05, 4.69) is 33.0 Å². The highest BCUT2D eigenvalue weighted by Gasteiger charge is 2.25. The van der Waals surface area contributed by atoms with Crippen LogP contribution in [0.4, 0.5) is 0 Å². The fourth-order valence-electron chi connectivity index (χ4n) is 1.53. The lowest BCUT2D eigenvalue weighted by Crippen LogP contribution is -2.41. The van der Waals surface area contributed by atoms with Gasteiger partial charge in [0.05, 0.1) is 12.7 Å². The SMILES string of the molecule is CC(C)C1CCNC(C)(C)CO1. The van der Waals surface area contributed by atoms with Crippen LogP contribution in [-0.2, 0) is 4.74 Å². The van der Waals surface area contributed by atoms with Gasteiger partial charge in [0, 0.05) is 5.54 Å². The molecule has 1 fully saturated rings. The monoisotopic (exact) mass is 171 g/mol. The molecule has 1 rings (SSSR count). The highest BCUT2D eigenvalue weighted by atomic mass is 16.5. The zero-order valence-electron chi connectivity index (χ0n) is 8.68. The lowest BCUT2D eigenvalue weighted by molar-refractivity contribution is 0.00951. The van der Waals surface area contributed by atoms with E-state index >= 15 is 0 Å². The predicted molar refractivity (Wildman–Crippen MR) is 51.3 cm³/mol. The molecular weight excluding hydrogens is 150 g/mol. The first kappa shape index (κ1) is 10.0. The van der Waals surface area contributed by atoms with Gasteiger partial charge in [-0.15, -0.1) is 0 Å². The van der Waals surface area contributed by atoms with Crippen LogP contribution < -0.4 is 5.32 Å². The van der Waals surface area contributed by atoms with Crippen molar-refractivity contribution in [2.75, 3.05) is 13.2 Å². The number of nitrogens with one attached hydrogen (secondary N) is 1. The minimum absolute atomic E-state index is 0.156. The van der Waals surface area contributed by atoms with Crippen molar-refractivity contribution in [2.45, 2.75) is 45.8 Å². The summed E-state index contributed by atoms with van der Waals surface area (Å²) in [6.07, 6.45) is 1.58. The predicted octanol–water partition coefficient (Wildman–Crippen LogP) is 1.80. The summed E-state index contributed by atoms with van der Waals surface area (Å²) < 4.78 is 5.82. The molecule has 12 heavy (non-hydrogen) atoms. The smallest absolute Gasteiger partial charge is 0.0646 e. The minimum Gasteiger partial charge on any atom is -0.376 e. The molecule has 0 bridgehead atoms. The van der Waals surface area contributed by atoms with E-state index < -0.39 is 0 Å². The summed E-state index contributed by atoms with van der Waals surface area (Å²) >= 11 is 0. The van der Waals surface area contributed by atoms with Crippen LogP contribution in [0.25, 0.3) is 0 Å². The van der Waals surface area contributed by atoms with Gasteiger partial charge in [0.1, 0.15) is 0 Å². The van der Waals surface area contributed by atoms with Crippen LogP contribution >= 0.6 is 0 Å². The molecule has 1 aliphatic rings. The van der Waals surface area contributed by atoms with Gasteiger partial charge in [-0.25, -0.2) is 0 Å². The van der Waals surface area contributed by atoms with Crippen LogP contribution in [0.15, 0.2) is 0 Å². The summed E-state index contributed by atoms with van der Waals surface area (Å²) in [7, 11) is 0. The van der Waals surface area contributed by atoms with Gasteiger partial charge in [-0.3, -0.25) is 0 Å². The molecule has 0 spiro atoms. The fraction of sp³-hybridized carbons (Fsp3) is 1.00. The first-order chi connectivity index (χ1) is 5.51. The number of rotatable bonds is 1. The molecule has 1 aliphatic heterocycles. The Hall–Kier alpha value is -0.0800. The number of hydrogen-bond acceptors (Lipinski definition) is 2. The van der Waals surface area contributed by atoms with Gasteiger partial charge < -0.3 is 10.1 Å². The zero-order valence-corrected chi connectivity index (χ0v) is 8.68. The van der Waals surface area contributed by atoms with Gasteiger partial charge in [-0.1, -0.05) is 13.8 Å². The lowest BCUT2D eigenvalue weighted by Gasteiger charge is -2.24. The quantitative estimate of drug-likeness (QED) is 0.649. The van der Waals surface area contributed by atoms with E-state index in [9.17, 15) is 0 Å². The Balaban J connectivity index is 2.45. The van der Waals surface area contributed by atoms with E-state index in [0.29, 0.717) is 12.0 Å². The molecule has 0 radical (unpaired) electrons. The molecule has 1 heterocycles. The van der Waals surface area contributed by atoms with E-state index in [1.165, 1.54) is 0 Å². The second kappa shape index (κ2) is 3.75. The topological polar surface area (TPSA) is 21.3 Å². The molecule has 0 saturated carbocycles. The summed E-state index contributed by atoms with van der Waals surface area (Å²) in [5.74, 6) is 0.640. The molecule has 1 atom stereocenters. The maximum atomic E-state index is 5.82. The minimum atomic E-state index is 0.156. The third-order valence-electron chi connectivity index (χ3n) is 2.43. The van der Waals surface area contributed by atoms with Crippen molar-refractivity contribution < 1.29 is 4.74 Å². The normalized spacial score (nSPS) is 30.2. The molecule has 1 unspecified atom stereocenters. The summed E-state index contributed by atoms with van der Waals surface area (Å²) in [5, 5.41) is 3.48. The maximum Gasteiger partial charge on any atom is 0.0646 e. The molecule has 0 aliphatic carbocycles. The fourth-order valence-corrected chi connectivity index (χ4v) is 1.53. The highest BCUT2D eigenvalue weighted by Crippen LogP contribution is 2.17. The Labute approximate surface area is 75.7 Å². The van der Waals surface area contributed by atoms with Crippen molar-refractivity contribution in [3.05, 3.63) is 0 Å². The Bertz CT molecular complexity index is 143. The standard InChI is InChI=1S/C10H21NO/c1-8(2)9-5-6-11-10(3,4)7-12-9/h8-9,11H,5-7H2,1-4H3. The van der Waals surface area contributed by atoms with Crippen LogP contribution in [0.5, 0.6) is 0 Å². The first-order valence-corrected chi connectivity index (χ1v) is 4.88. The van der Waals surface area contributed by atoms with Gasteiger partial charge in [0.15, 0.2) is 0 Å². The second-order valence-corrected chi connectivity index (χ2v) is 4.69. The van der Waals surface area contributed by atoms with E-state index in [1.54, 1.807) is 0 Å². The summed E-state index contributed by atoms with van der Waals surface area (Å²) in [5.41, 5.74) is 0.156. The number of ether oxygens (including phenoxy) is 1.